The summed E-state index contributed by atoms with van der Waals surface area (Å²) < 4.78 is 41.6. The fourth-order valence-electron chi connectivity index (χ4n) is 4.84. The van der Waals surface area contributed by atoms with Gasteiger partial charge in [-0.25, -0.2) is 0 Å². The van der Waals surface area contributed by atoms with Crippen LogP contribution in [0, 0.1) is 17.2 Å². The van der Waals surface area contributed by atoms with Crippen LogP contribution in [0.3, 0.4) is 0 Å². The van der Waals surface area contributed by atoms with Gasteiger partial charge in [-0.2, -0.15) is 18.4 Å². The molecule has 1 aromatic rings. The summed E-state index contributed by atoms with van der Waals surface area (Å²) >= 11 is 0. The van der Waals surface area contributed by atoms with E-state index in [1.54, 1.807) is 34.9 Å². The van der Waals surface area contributed by atoms with Crippen molar-refractivity contribution in [2.45, 2.75) is 38.4 Å². The average Bonchev–Trinajstić information content (AvgIpc) is 2.86. The normalized spacial score (nSPS) is 21.1. The number of carbonyl (C=O) groups is 2. The minimum absolute atomic E-state index is 0.0180. The van der Waals surface area contributed by atoms with Crippen molar-refractivity contribution in [2.24, 2.45) is 10.9 Å². The Kier molecular flexibility index (Phi) is 9.32. The Morgan fingerprint density at radius 1 is 1.22 bits per heavy atom. The summed E-state index contributed by atoms with van der Waals surface area (Å²) in [7, 11) is 1.98. The third-order valence-electron chi connectivity index (χ3n) is 6.85. The summed E-state index contributed by atoms with van der Waals surface area (Å²) in [5, 5.41) is 12.1. The molecule has 1 N–H and O–H groups in total. The number of likely N-dealkylation sites (N-methyl/N-ethyl adjacent to an activating group) is 1. The van der Waals surface area contributed by atoms with Crippen molar-refractivity contribution in [1.82, 2.24) is 15.1 Å². The van der Waals surface area contributed by atoms with Gasteiger partial charge in [-0.05, 0) is 39.2 Å². The van der Waals surface area contributed by atoms with E-state index < -0.39 is 24.0 Å². The Bertz CT molecular complexity index is 1070. The van der Waals surface area contributed by atoms with E-state index in [0.29, 0.717) is 30.0 Å². The van der Waals surface area contributed by atoms with Crippen LogP contribution in [0.4, 0.5) is 24.5 Å². The highest BCUT2D eigenvalue weighted by Gasteiger charge is 2.45. The van der Waals surface area contributed by atoms with E-state index in [0.717, 1.165) is 13.1 Å². The number of amides is 2. The molecule has 2 fully saturated rings. The van der Waals surface area contributed by atoms with Gasteiger partial charge < -0.3 is 20.0 Å². The number of nitrogens with one attached hydrogen (secondary N) is 1. The molecule has 0 spiro atoms. The molecule has 2 unspecified atom stereocenters. The SMILES string of the molecule is C=Nc1c(C#N)ccc(N2CC(NC(=O)CCC(=O)N3CCN(C)CC3)CC(C(F)(F)F)C2)c1/C=C\C. The summed E-state index contributed by atoms with van der Waals surface area (Å²) in [6, 6.07) is 4.39. The predicted molar refractivity (Wildman–Crippen MR) is 137 cm³/mol. The number of alkyl halides is 3. The Balaban J connectivity index is 1.75. The maximum Gasteiger partial charge on any atom is 0.393 e. The first-order chi connectivity index (χ1) is 17.6. The number of aliphatic imine (C=N–C) groups is 1. The zero-order chi connectivity index (χ0) is 27.2. The fraction of sp³-hybridized carbons (Fsp3) is 0.538. The standard InChI is InChI=1S/C26H33F3N6O2/c1-4-5-21-22(7-6-18(15-30)25(21)31-2)35-16-19(26(27,28)29)14-20(17-35)32-23(36)8-9-24(37)34-12-10-33(3)11-13-34/h4-7,19-20H,2,8-14,16-17H2,1,3H3,(H,32,36)/b5-4-. The fourth-order valence-corrected chi connectivity index (χ4v) is 4.84. The van der Waals surface area contributed by atoms with Gasteiger partial charge >= 0.3 is 6.18 Å². The molecule has 11 heteroatoms. The van der Waals surface area contributed by atoms with Gasteiger partial charge in [0.2, 0.25) is 11.8 Å². The molecule has 8 nitrogen and oxygen atoms in total. The second-order valence-corrected chi connectivity index (χ2v) is 9.49. The summed E-state index contributed by atoms with van der Waals surface area (Å²) in [5.41, 5.74) is 1.56. The quantitative estimate of drug-likeness (QED) is 0.559. The van der Waals surface area contributed by atoms with Crippen LogP contribution in [0.2, 0.25) is 0 Å². The maximum atomic E-state index is 13.9. The number of piperazine rings is 1. The molecule has 0 aliphatic carbocycles. The van der Waals surface area contributed by atoms with E-state index in [2.05, 4.69) is 21.9 Å². The van der Waals surface area contributed by atoms with Gasteiger partial charge in [0, 0.05) is 69.4 Å². The number of nitrogens with zero attached hydrogens (tertiary/aromatic N) is 5. The molecule has 2 aliphatic rings. The zero-order valence-corrected chi connectivity index (χ0v) is 21.2. The van der Waals surface area contributed by atoms with Gasteiger partial charge in [-0.15, -0.1) is 0 Å². The number of allylic oxidation sites excluding steroid dienone is 1. The first-order valence-corrected chi connectivity index (χ1v) is 12.3. The van der Waals surface area contributed by atoms with Crippen molar-refractivity contribution in [3.8, 4) is 6.07 Å². The van der Waals surface area contributed by atoms with Gasteiger partial charge in [0.1, 0.15) is 6.07 Å². The number of rotatable bonds is 7. The number of benzene rings is 1. The lowest BCUT2D eigenvalue weighted by atomic mass is 9.92. The van der Waals surface area contributed by atoms with E-state index >= 15 is 0 Å². The van der Waals surface area contributed by atoms with Crippen molar-refractivity contribution in [1.29, 1.82) is 5.26 Å². The molecule has 3 rings (SSSR count). The van der Waals surface area contributed by atoms with E-state index in [4.69, 9.17) is 0 Å². The Labute approximate surface area is 215 Å². The molecule has 2 heterocycles. The Hall–Kier alpha value is -3.39. The van der Waals surface area contributed by atoms with E-state index in [-0.39, 0.29) is 43.8 Å². The monoisotopic (exact) mass is 518 g/mol. The summed E-state index contributed by atoms with van der Waals surface area (Å²) in [6.07, 6.45) is -1.36. The molecule has 0 radical (unpaired) electrons. The highest BCUT2D eigenvalue weighted by molar-refractivity contribution is 5.84. The highest BCUT2D eigenvalue weighted by Crippen LogP contribution is 2.39. The van der Waals surface area contributed by atoms with Crippen LogP contribution in [0.5, 0.6) is 0 Å². The van der Waals surface area contributed by atoms with E-state index in [1.807, 2.05) is 13.1 Å². The van der Waals surface area contributed by atoms with Crippen LogP contribution in [-0.2, 0) is 9.59 Å². The zero-order valence-electron chi connectivity index (χ0n) is 21.2. The summed E-state index contributed by atoms with van der Waals surface area (Å²) in [6.45, 7) is 7.88. The average molecular weight is 519 g/mol. The third kappa shape index (κ3) is 7.10. The van der Waals surface area contributed by atoms with Crippen LogP contribution in [0.1, 0.15) is 37.3 Å². The molecule has 0 bridgehead atoms. The van der Waals surface area contributed by atoms with Gasteiger partial charge in [0.25, 0.3) is 0 Å². The molecule has 2 amide bonds. The largest absolute Gasteiger partial charge is 0.393 e. The van der Waals surface area contributed by atoms with Crippen LogP contribution >= 0.6 is 0 Å². The Morgan fingerprint density at radius 3 is 2.51 bits per heavy atom. The highest BCUT2D eigenvalue weighted by atomic mass is 19.4. The molecule has 0 saturated carbocycles. The van der Waals surface area contributed by atoms with Crippen LogP contribution in [-0.4, -0.2) is 86.9 Å². The molecule has 2 aliphatic heterocycles. The predicted octanol–water partition coefficient (Wildman–Crippen LogP) is 3.35. The molecule has 2 saturated heterocycles. The van der Waals surface area contributed by atoms with Crippen molar-refractivity contribution < 1.29 is 22.8 Å². The molecule has 1 aromatic carbocycles. The first kappa shape index (κ1) is 28.2. The van der Waals surface area contributed by atoms with Gasteiger partial charge in [0.15, 0.2) is 0 Å². The van der Waals surface area contributed by atoms with Crippen molar-refractivity contribution in [3.05, 3.63) is 29.3 Å². The summed E-state index contributed by atoms with van der Waals surface area (Å²) in [4.78, 5) is 34.5. The number of hydrogen-bond donors (Lipinski definition) is 1. The number of nitriles is 1. The van der Waals surface area contributed by atoms with Gasteiger partial charge in [-0.3, -0.25) is 14.6 Å². The van der Waals surface area contributed by atoms with E-state index in [1.165, 1.54) is 6.07 Å². The molecule has 2 atom stereocenters. The number of anilines is 1. The second kappa shape index (κ2) is 12.2. The van der Waals surface area contributed by atoms with Crippen molar-refractivity contribution in [2.75, 3.05) is 51.2 Å². The van der Waals surface area contributed by atoms with Crippen molar-refractivity contribution >= 4 is 36.0 Å². The van der Waals surface area contributed by atoms with E-state index in [9.17, 15) is 28.0 Å². The lowest BCUT2D eigenvalue weighted by Gasteiger charge is -2.40. The molecule has 37 heavy (non-hydrogen) atoms. The molecule has 0 aromatic heterocycles. The number of piperidine rings is 1. The van der Waals surface area contributed by atoms with Crippen LogP contribution < -0.4 is 10.2 Å². The topological polar surface area (TPSA) is 92.0 Å². The third-order valence-corrected chi connectivity index (χ3v) is 6.85. The summed E-state index contributed by atoms with van der Waals surface area (Å²) in [5.74, 6) is -2.23. The Morgan fingerprint density at radius 2 is 1.92 bits per heavy atom. The lowest BCUT2D eigenvalue weighted by molar-refractivity contribution is -0.178. The molecular formula is C26H33F3N6O2. The minimum Gasteiger partial charge on any atom is -0.368 e. The second-order valence-electron chi connectivity index (χ2n) is 9.49. The number of carbonyl (C=O) groups excluding carboxylic acids is 2. The van der Waals surface area contributed by atoms with Crippen LogP contribution in [0.25, 0.3) is 6.08 Å². The molecular weight excluding hydrogens is 485 g/mol. The maximum absolute atomic E-state index is 13.9. The van der Waals surface area contributed by atoms with Crippen molar-refractivity contribution in [3.63, 3.8) is 0 Å². The minimum atomic E-state index is -4.45. The number of hydrogen-bond acceptors (Lipinski definition) is 6. The smallest absolute Gasteiger partial charge is 0.368 e. The lowest BCUT2D eigenvalue weighted by Crippen LogP contribution is -2.54. The van der Waals surface area contributed by atoms with Gasteiger partial charge in [-0.1, -0.05) is 12.2 Å². The molecule has 200 valence electrons. The van der Waals surface area contributed by atoms with Gasteiger partial charge in [0.05, 0.1) is 17.2 Å². The van der Waals surface area contributed by atoms with Crippen LogP contribution in [0.15, 0.2) is 23.2 Å². The first-order valence-electron chi connectivity index (χ1n) is 12.3. The number of halogens is 3.